The number of aromatic nitrogens is 4. The number of oxazole rings is 1. The second-order valence-corrected chi connectivity index (χ2v) is 7.22. The highest BCUT2D eigenvalue weighted by Crippen LogP contribution is 2.22. The van der Waals surface area contributed by atoms with Crippen LogP contribution in [0, 0.1) is 0 Å². The molecule has 5 rings (SSSR count). The topological polar surface area (TPSA) is 95.1 Å². The van der Waals surface area contributed by atoms with E-state index in [-0.39, 0.29) is 5.69 Å². The minimum Gasteiger partial charge on any atom is -0.457 e. The van der Waals surface area contributed by atoms with Gasteiger partial charge in [-0.3, -0.25) is 4.79 Å². The van der Waals surface area contributed by atoms with Crippen molar-refractivity contribution < 1.29 is 13.9 Å². The number of nitrogens with one attached hydrogen (secondary N) is 1. The third kappa shape index (κ3) is 4.96. The Bertz CT molecular complexity index is 1360. The molecule has 162 valence electrons. The summed E-state index contributed by atoms with van der Waals surface area (Å²) in [6, 6.07) is 26.7. The third-order valence-corrected chi connectivity index (χ3v) is 4.76. The van der Waals surface area contributed by atoms with Gasteiger partial charge in [0, 0.05) is 5.56 Å². The fraction of sp³-hybridized carbons (Fsp3) is 0.0400. The summed E-state index contributed by atoms with van der Waals surface area (Å²) >= 11 is 0. The molecule has 0 aliphatic rings. The number of benzene rings is 3. The molecule has 1 amide bonds. The standard InChI is InChI=1S/C25H19N5O3/c31-24(22-17-32-25(26-22)19-9-3-1-4-10-19)27-23-16-30(29-28-23)15-18-8-7-13-21(14-18)33-20-11-5-2-6-12-20/h1-14,16-17H,15H2,(H,27,31). The highest BCUT2D eigenvalue weighted by molar-refractivity contribution is 6.02. The number of para-hydroxylation sites is 1. The van der Waals surface area contributed by atoms with Crippen LogP contribution in [0.15, 0.2) is 102 Å². The quantitative estimate of drug-likeness (QED) is 0.384. The summed E-state index contributed by atoms with van der Waals surface area (Å²) < 4.78 is 12.9. The van der Waals surface area contributed by atoms with E-state index in [1.54, 1.807) is 10.9 Å². The molecule has 0 bridgehead atoms. The van der Waals surface area contributed by atoms with E-state index >= 15 is 0 Å². The van der Waals surface area contributed by atoms with Gasteiger partial charge < -0.3 is 14.5 Å². The molecule has 0 unspecified atom stereocenters. The predicted molar refractivity (Wildman–Crippen MR) is 122 cm³/mol. The molecule has 0 aliphatic heterocycles. The van der Waals surface area contributed by atoms with E-state index < -0.39 is 5.91 Å². The lowest BCUT2D eigenvalue weighted by Crippen LogP contribution is -2.12. The summed E-state index contributed by atoms with van der Waals surface area (Å²) in [5, 5.41) is 10.8. The molecule has 5 aromatic rings. The lowest BCUT2D eigenvalue weighted by atomic mass is 10.2. The first kappa shape index (κ1) is 20.2. The van der Waals surface area contributed by atoms with Gasteiger partial charge in [-0.15, -0.1) is 5.10 Å². The number of nitrogens with zero attached hydrogens (tertiary/aromatic N) is 4. The molecule has 8 heteroatoms. The van der Waals surface area contributed by atoms with Gasteiger partial charge in [-0.25, -0.2) is 9.67 Å². The maximum Gasteiger partial charge on any atom is 0.278 e. The van der Waals surface area contributed by atoms with Crippen molar-refractivity contribution in [1.82, 2.24) is 20.0 Å². The van der Waals surface area contributed by atoms with Gasteiger partial charge in [0.2, 0.25) is 5.89 Å². The molecule has 0 atom stereocenters. The van der Waals surface area contributed by atoms with E-state index in [0.717, 1.165) is 22.6 Å². The van der Waals surface area contributed by atoms with Crippen LogP contribution < -0.4 is 10.1 Å². The Kier molecular flexibility index (Phi) is 5.62. The van der Waals surface area contributed by atoms with Crippen LogP contribution in [0.25, 0.3) is 11.5 Å². The first-order chi connectivity index (χ1) is 16.2. The summed E-state index contributed by atoms with van der Waals surface area (Å²) in [6.45, 7) is 0.469. The molecule has 0 saturated heterocycles. The summed E-state index contributed by atoms with van der Waals surface area (Å²) in [7, 11) is 0. The molecule has 2 aromatic heterocycles. The smallest absolute Gasteiger partial charge is 0.278 e. The molecular formula is C25H19N5O3. The lowest BCUT2D eigenvalue weighted by molar-refractivity contribution is 0.102. The van der Waals surface area contributed by atoms with Gasteiger partial charge in [-0.1, -0.05) is 53.7 Å². The first-order valence-corrected chi connectivity index (χ1v) is 10.3. The molecule has 0 radical (unpaired) electrons. The number of rotatable bonds is 7. The monoisotopic (exact) mass is 437 g/mol. The van der Waals surface area contributed by atoms with Gasteiger partial charge in [-0.05, 0) is 42.0 Å². The van der Waals surface area contributed by atoms with Crippen LogP contribution in [0.5, 0.6) is 11.5 Å². The molecule has 1 N–H and O–H groups in total. The van der Waals surface area contributed by atoms with Gasteiger partial charge in [0.25, 0.3) is 5.91 Å². The number of carbonyl (C=O) groups is 1. The van der Waals surface area contributed by atoms with E-state index in [4.69, 9.17) is 9.15 Å². The van der Waals surface area contributed by atoms with Gasteiger partial charge in [0.05, 0.1) is 12.7 Å². The fourth-order valence-corrected chi connectivity index (χ4v) is 3.22. The number of hydrogen-bond acceptors (Lipinski definition) is 6. The fourth-order valence-electron chi connectivity index (χ4n) is 3.22. The number of hydrogen-bond donors (Lipinski definition) is 1. The second-order valence-electron chi connectivity index (χ2n) is 7.22. The van der Waals surface area contributed by atoms with Crippen LogP contribution >= 0.6 is 0 Å². The summed E-state index contributed by atoms with van der Waals surface area (Å²) in [5.41, 5.74) is 1.94. The summed E-state index contributed by atoms with van der Waals surface area (Å²) in [6.07, 6.45) is 2.97. The van der Waals surface area contributed by atoms with Crippen molar-refractivity contribution in [3.05, 3.63) is 109 Å². The molecule has 2 heterocycles. The molecule has 0 aliphatic carbocycles. The van der Waals surface area contributed by atoms with E-state index in [1.165, 1.54) is 6.26 Å². The van der Waals surface area contributed by atoms with Crippen molar-refractivity contribution in [2.24, 2.45) is 0 Å². The maximum absolute atomic E-state index is 12.5. The minimum atomic E-state index is -0.425. The van der Waals surface area contributed by atoms with E-state index in [2.05, 4.69) is 20.6 Å². The Morgan fingerprint density at radius 3 is 2.52 bits per heavy atom. The number of amides is 1. The lowest BCUT2D eigenvalue weighted by Gasteiger charge is -2.07. The number of ether oxygens (including phenoxy) is 1. The largest absolute Gasteiger partial charge is 0.457 e. The molecule has 33 heavy (non-hydrogen) atoms. The van der Waals surface area contributed by atoms with Crippen molar-refractivity contribution in [3.8, 4) is 23.0 Å². The number of carbonyl (C=O) groups excluding carboxylic acids is 1. The maximum atomic E-state index is 12.5. The average Bonchev–Trinajstić information content (AvgIpc) is 3.51. The Labute approximate surface area is 189 Å². The van der Waals surface area contributed by atoms with Crippen molar-refractivity contribution >= 4 is 11.7 Å². The van der Waals surface area contributed by atoms with Crippen LogP contribution in [0.3, 0.4) is 0 Å². The molecule has 8 nitrogen and oxygen atoms in total. The van der Waals surface area contributed by atoms with E-state index in [9.17, 15) is 4.79 Å². The van der Waals surface area contributed by atoms with Crippen molar-refractivity contribution in [2.75, 3.05) is 5.32 Å². The van der Waals surface area contributed by atoms with Crippen LogP contribution in [0.1, 0.15) is 16.1 Å². The summed E-state index contributed by atoms with van der Waals surface area (Å²) in [5.74, 6) is 1.77. The molecule has 0 spiro atoms. The van der Waals surface area contributed by atoms with Crippen LogP contribution in [0.2, 0.25) is 0 Å². The first-order valence-electron chi connectivity index (χ1n) is 10.3. The number of anilines is 1. The van der Waals surface area contributed by atoms with Crippen LogP contribution in [0.4, 0.5) is 5.82 Å². The summed E-state index contributed by atoms with van der Waals surface area (Å²) in [4.78, 5) is 16.8. The predicted octanol–water partition coefficient (Wildman–Crippen LogP) is 5.03. The molecule has 0 fully saturated rings. The average molecular weight is 437 g/mol. The second kappa shape index (κ2) is 9.19. The van der Waals surface area contributed by atoms with Crippen molar-refractivity contribution in [2.45, 2.75) is 6.54 Å². The van der Waals surface area contributed by atoms with Gasteiger partial charge in [0.1, 0.15) is 17.8 Å². The van der Waals surface area contributed by atoms with Gasteiger partial charge in [-0.2, -0.15) is 0 Å². The zero-order valence-electron chi connectivity index (χ0n) is 17.5. The van der Waals surface area contributed by atoms with Gasteiger partial charge >= 0.3 is 0 Å². The highest BCUT2D eigenvalue weighted by Gasteiger charge is 2.15. The Hall–Kier alpha value is -4.72. The van der Waals surface area contributed by atoms with Gasteiger partial charge in [0.15, 0.2) is 11.5 Å². The molecular weight excluding hydrogens is 418 g/mol. The van der Waals surface area contributed by atoms with E-state index in [0.29, 0.717) is 18.3 Å². The van der Waals surface area contributed by atoms with E-state index in [1.807, 2.05) is 84.9 Å². The third-order valence-electron chi connectivity index (χ3n) is 4.76. The molecule has 3 aromatic carbocycles. The minimum absolute atomic E-state index is 0.161. The normalized spacial score (nSPS) is 10.7. The van der Waals surface area contributed by atoms with Crippen LogP contribution in [-0.2, 0) is 6.54 Å². The van der Waals surface area contributed by atoms with Crippen molar-refractivity contribution in [3.63, 3.8) is 0 Å². The zero-order valence-corrected chi connectivity index (χ0v) is 17.5. The van der Waals surface area contributed by atoms with Crippen molar-refractivity contribution in [1.29, 1.82) is 0 Å². The highest BCUT2D eigenvalue weighted by atomic mass is 16.5. The Morgan fingerprint density at radius 1 is 0.939 bits per heavy atom. The Balaban J connectivity index is 1.22. The SMILES string of the molecule is O=C(Nc1cn(Cc2cccc(Oc3ccccc3)c2)nn1)c1coc(-c2ccccc2)n1. The molecule has 0 saturated carbocycles. The Morgan fingerprint density at radius 2 is 1.70 bits per heavy atom. The zero-order chi connectivity index (χ0) is 22.5. The van der Waals surface area contributed by atoms with Crippen LogP contribution in [-0.4, -0.2) is 25.9 Å².